The van der Waals surface area contributed by atoms with Crippen molar-refractivity contribution in [3.63, 3.8) is 0 Å². The molecule has 1 atom stereocenters. The molecule has 2 rings (SSSR count). The van der Waals surface area contributed by atoms with Crippen LogP contribution in [0.2, 0.25) is 0 Å². The normalized spacial score (nSPS) is 11.9. The van der Waals surface area contributed by atoms with Crippen molar-refractivity contribution in [1.82, 2.24) is 4.98 Å². The molecule has 1 unspecified atom stereocenters. The van der Waals surface area contributed by atoms with Gasteiger partial charge in [-0.15, -0.1) is 0 Å². The second-order valence-electron chi connectivity index (χ2n) is 4.47. The van der Waals surface area contributed by atoms with Gasteiger partial charge in [-0.2, -0.15) is 0 Å². The Bertz CT molecular complexity index is 624. The van der Waals surface area contributed by atoms with E-state index in [0.29, 0.717) is 17.1 Å². The maximum absolute atomic E-state index is 10.9. The highest BCUT2D eigenvalue weighted by Crippen LogP contribution is 2.30. The molecule has 104 valence electrons. The molecule has 6 nitrogen and oxygen atoms in total. The zero-order valence-corrected chi connectivity index (χ0v) is 11.2. The second kappa shape index (κ2) is 5.66. The zero-order chi connectivity index (χ0) is 14.7. The fourth-order valence-corrected chi connectivity index (χ4v) is 1.76. The first-order valence-corrected chi connectivity index (χ1v) is 6.12. The molecule has 1 heterocycles. The summed E-state index contributed by atoms with van der Waals surface area (Å²) in [5.74, 6) is 0.951. The van der Waals surface area contributed by atoms with Gasteiger partial charge in [0.15, 0.2) is 0 Å². The maximum Gasteiger partial charge on any atom is 0.276 e. The molecule has 0 saturated carbocycles. The first kappa shape index (κ1) is 14.0. The van der Waals surface area contributed by atoms with Crippen LogP contribution < -0.4 is 10.5 Å². The number of nitro groups is 1. The fourth-order valence-electron chi connectivity index (χ4n) is 1.76. The average Bonchev–Trinajstić information content (AvgIpc) is 2.41. The Labute approximate surface area is 116 Å². The van der Waals surface area contributed by atoms with Crippen LogP contribution in [0.1, 0.15) is 24.2 Å². The van der Waals surface area contributed by atoms with Gasteiger partial charge in [0.1, 0.15) is 11.5 Å². The molecule has 6 heteroatoms. The van der Waals surface area contributed by atoms with Crippen LogP contribution in [0.15, 0.2) is 36.5 Å². The second-order valence-corrected chi connectivity index (χ2v) is 4.47. The van der Waals surface area contributed by atoms with E-state index >= 15 is 0 Å². The van der Waals surface area contributed by atoms with Gasteiger partial charge in [-0.25, -0.2) is 0 Å². The lowest BCUT2D eigenvalue weighted by Crippen LogP contribution is -2.06. The van der Waals surface area contributed by atoms with Crippen LogP contribution >= 0.6 is 0 Å². The van der Waals surface area contributed by atoms with E-state index in [4.69, 9.17) is 10.5 Å². The standard InChI is InChI=1S/C14H15N3O3/c1-9-13(17(18)19)4-3-5-14(9)20-11-6-7-12(10(2)15)16-8-11/h3-8,10H,15H2,1-2H3. The van der Waals surface area contributed by atoms with E-state index in [2.05, 4.69) is 4.98 Å². The lowest BCUT2D eigenvalue weighted by Gasteiger charge is -2.10. The van der Waals surface area contributed by atoms with Gasteiger partial charge < -0.3 is 10.5 Å². The molecular formula is C14H15N3O3. The summed E-state index contributed by atoms with van der Waals surface area (Å²) in [6.07, 6.45) is 1.55. The topological polar surface area (TPSA) is 91.3 Å². The number of nitrogens with zero attached hydrogens (tertiary/aromatic N) is 2. The van der Waals surface area contributed by atoms with Crippen molar-refractivity contribution in [2.75, 3.05) is 0 Å². The van der Waals surface area contributed by atoms with Crippen molar-refractivity contribution in [2.24, 2.45) is 5.73 Å². The fraction of sp³-hybridized carbons (Fsp3) is 0.214. The summed E-state index contributed by atoms with van der Waals surface area (Å²) in [5, 5.41) is 10.9. The lowest BCUT2D eigenvalue weighted by molar-refractivity contribution is -0.385. The summed E-state index contributed by atoms with van der Waals surface area (Å²) in [6, 6.07) is 8.08. The first-order chi connectivity index (χ1) is 9.49. The van der Waals surface area contributed by atoms with E-state index in [0.717, 1.165) is 5.69 Å². The van der Waals surface area contributed by atoms with Crippen LogP contribution in [0.25, 0.3) is 0 Å². The van der Waals surface area contributed by atoms with Gasteiger partial charge in [-0.05, 0) is 32.0 Å². The number of pyridine rings is 1. The summed E-state index contributed by atoms with van der Waals surface area (Å²) in [5.41, 5.74) is 6.98. The SMILES string of the molecule is Cc1c(Oc2ccc(C(C)N)nc2)cccc1[N+](=O)[O-]. The van der Waals surface area contributed by atoms with Gasteiger partial charge >= 0.3 is 0 Å². The number of benzene rings is 1. The van der Waals surface area contributed by atoms with Gasteiger partial charge in [0.2, 0.25) is 0 Å². The van der Waals surface area contributed by atoms with Crippen molar-refractivity contribution in [1.29, 1.82) is 0 Å². The molecule has 2 aromatic rings. The highest BCUT2D eigenvalue weighted by atomic mass is 16.6. The monoisotopic (exact) mass is 273 g/mol. The highest BCUT2D eigenvalue weighted by Gasteiger charge is 2.14. The molecule has 0 fully saturated rings. The quantitative estimate of drug-likeness (QED) is 0.682. The number of nitrogens with two attached hydrogens (primary N) is 1. The maximum atomic E-state index is 10.9. The van der Waals surface area contributed by atoms with Gasteiger partial charge in [0.05, 0.1) is 22.4 Å². The molecule has 1 aromatic carbocycles. The van der Waals surface area contributed by atoms with Gasteiger partial charge in [-0.1, -0.05) is 6.07 Å². The van der Waals surface area contributed by atoms with Crippen molar-refractivity contribution in [3.05, 3.63) is 57.9 Å². The van der Waals surface area contributed by atoms with E-state index in [1.807, 2.05) is 6.92 Å². The summed E-state index contributed by atoms with van der Waals surface area (Å²) in [6.45, 7) is 3.49. The summed E-state index contributed by atoms with van der Waals surface area (Å²) < 4.78 is 5.63. The van der Waals surface area contributed by atoms with Gasteiger partial charge in [-0.3, -0.25) is 15.1 Å². The zero-order valence-electron chi connectivity index (χ0n) is 11.2. The van der Waals surface area contributed by atoms with E-state index in [1.165, 1.54) is 6.07 Å². The van der Waals surface area contributed by atoms with Crippen LogP contribution in [0.3, 0.4) is 0 Å². The number of rotatable bonds is 4. The predicted molar refractivity (Wildman–Crippen MR) is 74.7 cm³/mol. The Morgan fingerprint density at radius 1 is 1.35 bits per heavy atom. The molecule has 0 amide bonds. The molecule has 1 aromatic heterocycles. The molecular weight excluding hydrogens is 258 g/mol. The third kappa shape index (κ3) is 2.92. The number of ether oxygens (including phenoxy) is 1. The Balaban J connectivity index is 2.26. The molecule has 0 radical (unpaired) electrons. The molecule has 0 aliphatic heterocycles. The minimum atomic E-state index is -0.431. The van der Waals surface area contributed by atoms with Crippen LogP contribution in [0.5, 0.6) is 11.5 Å². The summed E-state index contributed by atoms with van der Waals surface area (Å²) in [7, 11) is 0. The summed E-state index contributed by atoms with van der Waals surface area (Å²) in [4.78, 5) is 14.6. The number of hydrogen-bond acceptors (Lipinski definition) is 5. The Hall–Kier alpha value is -2.47. The van der Waals surface area contributed by atoms with Crippen LogP contribution in [-0.2, 0) is 0 Å². The minimum absolute atomic E-state index is 0.0302. The third-order valence-electron chi connectivity index (χ3n) is 2.91. The first-order valence-electron chi connectivity index (χ1n) is 6.12. The van der Waals surface area contributed by atoms with E-state index in [-0.39, 0.29) is 11.7 Å². The minimum Gasteiger partial charge on any atom is -0.455 e. The third-order valence-corrected chi connectivity index (χ3v) is 2.91. The van der Waals surface area contributed by atoms with Crippen LogP contribution in [-0.4, -0.2) is 9.91 Å². The predicted octanol–water partition coefficient (Wildman–Crippen LogP) is 3.11. The number of nitro benzene ring substituents is 1. The molecule has 0 spiro atoms. The van der Waals surface area contributed by atoms with Crippen LogP contribution in [0, 0.1) is 17.0 Å². The number of hydrogen-bond donors (Lipinski definition) is 1. The van der Waals surface area contributed by atoms with Crippen molar-refractivity contribution in [3.8, 4) is 11.5 Å². The van der Waals surface area contributed by atoms with Gasteiger partial charge in [0, 0.05) is 12.1 Å². The Morgan fingerprint density at radius 2 is 2.10 bits per heavy atom. The smallest absolute Gasteiger partial charge is 0.276 e. The van der Waals surface area contributed by atoms with Crippen LogP contribution in [0.4, 0.5) is 5.69 Å². The Morgan fingerprint density at radius 3 is 2.65 bits per heavy atom. The van der Waals surface area contributed by atoms with E-state index in [1.54, 1.807) is 37.4 Å². The average molecular weight is 273 g/mol. The van der Waals surface area contributed by atoms with E-state index in [9.17, 15) is 10.1 Å². The molecule has 20 heavy (non-hydrogen) atoms. The lowest BCUT2D eigenvalue weighted by atomic mass is 10.2. The molecule has 0 bridgehead atoms. The van der Waals surface area contributed by atoms with Gasteiger partial charge in [0.25, 0.3) is 5.69 Å². The van der Waals surface area contributed by atoms with Crippen molar-refractivity contribution in [2.45, 2.75) is 19.9 Å². The largest absolute Gasteiger partial charge is 0.455 e. The Kier molecular flexibility index (Phi) is 3.95. The molecule has 0 saturated heterocycles. The van der Waals surface area contributed by atoms with Crippen molar-refractivity contribution >= 4 is 5.69 Å². The number of aromatic nitrogens is 1. The molecule has 0 aliphatic rings. The van der Waals surface area contributed by atoms with Crippen molar-refractivity contribution < 1.29 is 9.66 Å². The highest BCUT2D eigenvalue weighted by molar-refractivity contribution is 5.49. The molecule has 2 N–H and O–H groups in total. The molecule has 0 aliphatic carbocycles. The van der Waals surface area contributed by atoms with E-state index < -0.39 is 4.92 Å². The summed E-state index contributed by atoms with van der Waals surface area (Å²) >= 11 is 0.